The van der Waals surface area contributed by atoms with E-state index < -0.39 is 0 Å². The fourth-order valence-electron chi connectivity index (χ4n) is 1.54. The Morgan fingerprint density at radius 2 is 2.00 bits per heavy atom. The molecule has 1 rings (SSSR count). The molecule has 3 N–H and O–H groups in total. The zero-order valence-electron chi connectivity index (χ0n) is 7.21. The van der Waals surface area contributed by atoms with E-state index >= 15 is 0 Å². The third-order valence-corrected chi connectivity index (χ3v) is 1.81. The molecule has 1 aliphatic rings. The molecule has 2 atom stereocenters. The number of rotatable bonds is 2. The molecule has 0 aromatic rings. The molecule has 1 aliphatic heterocycles. The van der Waals surface area contributed by atoms with Crippen molar-refractivity contribution in [3.05, 3.63) is 0 Å². The number of nitrogens with zero attached hydrogens (tertiary/aromatic N) is 1. The van der Waals surface area contributed by atoms with Crippen LogP contribution < -0.4 is 11.3 Å². The summed E-state index contributed by atoms with van der Waals surface area (Å²) in [6.45, 7) is 6.85. The van der Waals surface area contributed by atoms with E-state index in [0.717, 1.165) is 19.8 Å². The molecule has 0 saturated carbocycles. The second-order valence-electron chi connectivity index (χ2n) is 3.16. The lowest BCUT2D eigenvalue weighted by Crippen LogP contribution is -2.49. The number of nitrogens with one attached hydrogen (secondary N) is 1. The van der Waals surface area contributed by atoms with Crippen molar-refractivity contribution in [3.8, 4) is 0 Å². The smallest absolute Gasteiger partial charge is 0.0678 e. The number of morpholine rings is 1. The Morgan fingerprint density at radius 3 is 2.45 bits per heavy atom. The number of nitrogens with two attached hydrogens (primary N) is 1. The quantitative estimate of drug-likeness (QED) is 0.422. The zero-order valence-corrected chi connectivity index (χ0v) is 7.21. The first kappa shape index (κ1) is 8.93. The molecule has 11 heavy (non-hydrogen) atoms. The van der Waals surface area contributed by atoms with Crippen LogP contribution in [0.4, 0.5) is 0 Å². The van der Waals surface area contributed by atoms with Crippen LogP contribution in [0.15, 0.2) is 0 Å². The Hall–Kier alpha value is -0.160. The number of hydrogen-bond acceptors (Lipinski definition) is 4. The average molecular weight is 159 g/mol. The maximum Gasteiger partial charge on any atom is 0.0678 e. The third kappa shape index (κ3) is 2.75. The predicted octanol–water partition coefficient (Wildman–Crippen LogP) is -0.484. The lowest BCUT2D eigenvalue weighted by atomic mass is 10.2. The fourth-order valence-corrected chi connectivity index (χ4v) is 1.54. The van der Waals surface area contributed by atoms with Gasteiger partial charge in [-0.05, 0) is 13.8 Å². The van der Waals surface area contributed by atoms with Crippen LogP contribution in [0.1, 0.15) is 13.8 Å². The van der Waals surface area contributed by atoms with E-state index in [-0.39, 0.29) is 0 Å². The van der Waals surface area contributed by atoms with Gasteiger partial charge in [0.05, 0.1) is 18.9 Å². The van der Waals surface area contributed by atoms with Crippen molar-refractivity contribution in [2.45, 2.75) is 26.1 Å². The van der Waals surface area contributed by atoms with Crippen molar-refractivity contribution >= 4 is 0 Å². The van der Waals surface area contributed by atoms with Gasteiger partial charge in [-0.3, -0.25) is 10.7 Å². The predicted molar refractivity (Wildman–Crippen MR) is 43.8 cm³/mol. The molecular weight excluding hydrogens is 142 g/mol. The minimum atomic E-state index is 0.326. The van der Waals surface area contributed by atoms with Crippen LogP contribution in [-0.4, -0.2) is 36.9 Å². The lowest BCUT2D eigenvalue weighted by Gasteiger charge is -2.34. The largest absolute Gasteiger partial charge is 0.373 e. The molecule has 0 unspecified atom stereocenters. The van der Waals surface area contributed by atoms with Gasteiger partial charge in [0.2, 0.25) is 0 Å². The molecule has 0 aromatic carbocycles. The summed E-state index contributed by atoms with van der Waals surface area (Å²) in [6, 6.07) is 0. The van der Waals surface area contributed by atoms with E-state index in [2.05, 4.69) is 24.2 Å². The Morgan fingerprint density at radius 1 is 1.45 bits per heavy atom. The van der Waals surface area contributed by atoms with E-state index in [4.69, 9.17) is 10.6 Å². The molecule has 1 saturated heterocycles. The van der Waals surface area contributed by atoms with Crippen LogP contribution in [0, 0.1) is 0 Å². The van der Waals surface area contributed by atoms with Gasteiger partial charge in [0, 0.05) is 13.1 Å². The van der Waals surface area contributed by atoms with E-state index in [0.29, 0.717) is 12.2 Å². The van der Waals surface area contributed by atoms with Gasteiger partial charge in [-0.2, -0.15) is 0 Å². The molecule has 0 spiro atoms. The molecule has 0 amide bonds. The first-order valence-electron chi connectivity index (χ1n) is 4.03. The number of hydrazine groups is 1. The normalized spacial score (nSPS) is 34.1. The van der Waals surface area contributed by atoms with Crippen molar-refractivity contribution in [2.24, 2.45) is 5.84 Å². The zero-order chi connectivity index (χ0) is 8.27. The van der Waals surface area contributed by atoms with Gasteiger partial charge < -0.3 is 4.74 Å². The summed E-state index contributed by atoms with van der Waals surface area (Å²) in [4.78, 5) is 2.25. The topological polar surface area (TPSA) is 50.5 Å². The Balaban J connectivity index is 2.30. The van der Waals surface area contributed by atoms with E-state index in [9.17, 15) is 0 Å². The van der Waals surface area contributed by atoms with Gasteiger partial charge in [0.1, 0.15) is 0 Å². The second kappa shape index (κ2) is 4.01. The highest BCUT2D eigenvalue weighted by Crippen LogP contribution is 2.08. The van der Waals surface area contributed by atoms with E-state index in [1.807, 2.05) is 0 Å². The fraction of sp³-hybridized carbons (Fsp3) is 1.00. The maximum atomic E-state index is 5.55. The molecule has 4 nitrogen and oxygen atoms in total. The van der Waals surface area contributed by atoms with Gasteiger partial charge in [-0.15, -0.1) is 0 Å². The maximum absolute atomic E-state index is 5.55. The van der Waals surface area contributed by atoms with Crippen molar-refractivity contribution in [3.63, 3.8) is 0 Å². The summed E-state index contributed by atoms with van der Waals surface area (Å²) in [5.41, 5.74) is 2.65. The molecular formula is C7H17N3O. The summed E-state index contributed by atoms with van der Waals surface area (Å²) in [7, 11) is 0. The standard InChI is InChI=1S/C7H17N3O/c1-6-3-10(5-9-8)4-7(2)11-6/h6-7,9H,3-5,8H2,1-2H3/t6-,7+. The van der Waals surface area contributed by atoms with Crippen LogP contribution in [0.2, 0.25) is 0 Å². The first-order chi connectivity index (χ1) is 5.22. The average Bonchev–Trinajstić information content (AvgIpc) is 1.85. The van der Waals surface area contributed by atoms with E-state index in [1.165, 1.54) is 0 Å². The van der Waals surface area contributed by atoms with Crippen LogP contribution in [0.5, 0.6) is 0 Å². The summed E-state index contributed by atoms with van der Waals surface area (Å²) in [5.74, 6) is 5.22. The third-order valence-electron chi connectivity index (χ3n) is 1.81. The van der Waals surface area contributed by atoms with Crippen molar-refractivity contribution < 1.29 is 4.74 Å². The van der Waals surface area contributed by atoms with Crippen LogP contribution in [0.25, 0.3) is 0 Å². The number of ether oxygens (including phenoxy) is 1. The van der Waals surface area contributed by atoms with Gasteiger partial charge in [-0.25, -0.2) is 5.43 Å². The monoisotopic (exact) mass is 159 g/mol. The van der Waals surface area contributed by atoms with Gasteiger partial charge >= 0.3 is 0 Å². The molecule has 4 heteroatoms. The lowest BCUT2D eigenvalue weighted by molar-refractivity contribution is -0.0698. The SMILES string of the molecule is C[C@@H]1CN(CNN)C[C@H](C)O1. The van der Waals surface area contributed by atoms with Gasteiger partial charge in [-0.1, -0.05) is 0 Å². The molecule has 0 aromatic heterocycles. The minimum Gasteiger partial charge on any atom is -0.373 e. The Bertz CT molecular complexity index is 110. The number of hydrogen-bond donors (Lipinski definition) is 2. The van der Waals surface area contributed by atoms with Crippen LogP contribution in [-0.2, 0) is 4.74 Å². The minimum absolute atomic E-state index is 0.326. The van der Waals surface area contributed by atoms with Crippen molar-refractivity contribution in [1.82, 2.24) is 10.3 Å². The molecule has 66 valence electrons. The van der Waals surface area contributed by atoms with Crippen LogP contribution >= 0.6 is 0 Å². The van der Waals surface area contributed by atoms with E-state index in [1.54, 1.807) is 0 Å². The highest BCUT2D eigenvalue weighted by atomic mass is 16.5. The second-order valence-corrected chi connectivity index (χ2v) is 3.16. The highest BCUT2D eigenvalue weighted by molar-refractivity contribution is 4.71. The summed E-state index contributed by atoms with van der Waals surface area (Å²) in [5, 5.41) is 0. The van der Waals surface area contributed by atoms with Crippen molar-refractivity contribution in [1.29, 1.82) is 0 Å². The Kier molecular flexibility index (Phi) is 3.26. The molecule has 0 aliphatic carbocycles. The van der Waals surface area contributed by atoms with Crippen molar-refractivity contribution in [2.75, 3.05) is 19.8 Å². The molecule has 0 radical (unpaired) electrons. The Labute approximate surface area is 67.7 Å². The first-order valence-corrected chi connectivity index (χ1v) is 4.03. The molecule has 1 fully saturated rings. The summed E-state index contributed by atoms with van der Waals surface area (Å²) in [6.07, 6.45) is 0.652. The summed E-state index contributed by atoms with van der Waals surface area (Å²) >= 11 is 0. The highest BCUT2D eigenvalue weighted by Gasteiger charge is 2.20. The van der Waals surface area contributed by atoms with Gasteiger partial charge in [0.15, 0.2) is 0 Å². The van der Waals surface area contributed by atoms with Gasteiger partial charge in [0.25, 0.3) is 0 Å². The van der Waals surface area contributed by atoms with Crippen LogP contribution in [0.3, 0.4) is 0 Å². The molecule has 0 bridgehead atoms. The summed E-state index contributed by atoms with van der Waals surface area (Å²) < 4.78 is 5.55. The molecule has 1 heterocycles.